The van der Waals surface area contributed by atoms with Gasteiger partial charge in [0.2, 0.25) is 5.91 Å². The molecule has 0 aromatic carbocycles. The van der Waals surface area contributed by atoms with E-state index in [1.807, 2.05) is 0 Å². The zero-order valence-corrected chi connectivity index (χ0v) is 7.99. The van der Waals surface area contributed by atoms with E-state index in [4.69, 9.17) is 0 Å². The number of carbonyl (C=O) groups excluding carboxylic acids is 1. The van der Waals surface area contributed by atoms with Gasteiger partial charge in [0.15, 0.2) is 5.11 Å². The van der Waals surface area contributed by atoms with Gasteiger partial charge in [-0.15, -0.1) is 13.2 Å². The first-order valence-corrected chi connectivity index (χ1v) is 3.34. The van der Waals surface area contributed by atoms with E-state index in [0.29, 0.717) is 0 Å². The highest BCUT2D eigenvalue weighted by Crippen LogP contribution is 1.56. The number of thiocarbonyl (C=S) groups is 1. The van der Waals surface area contributed by atoms with Gasteiger partial charge < -0.3 is 16.8 Å². The molecule has 0 aromatic heterocycles. The molecule has 0 radical (unpaired) electrons. The van der Waals surface area contributed by atoms with Gasteiger partial charge in [0.25, 0.3) is 0 Å². The van der Waals surface area contributed by atoms with Gasteiger partial charge in [-0.1, -0.05) is 6.58 Å². The monoisotopic (exact) mass is 189 g/mol. The smallest absolute Gasteiger partial charge is 0.243 e. The Bertz CT molecular complexity index is 144. The average Bonchev–Trinajstić information content (AvgIpc) is 2.06. The first-order valence-electron chi connectivity index (χ1n) is 2.93. The van der Waals surface area contributed by atoms with Gasteiger partial charge in [0.05, 0.1) is 0 Å². The lowest BCUT2D eigenvalue weighted by Crippen LogP contribution is -2.18. The lowest BCUT2D eigenvalue weighted by molar-refractivity contribution is -0.116. The molecule has 0 heterocycles. The maximum atomic E-state index is 9.95. The Morgan fingerprint density at radius 2 is 1.75 bits per heavy atom. The Kier molecular flexibility index (Phi) is 23.0. The fourth-order valence-corrected chi connectivity index (χ4v) is 0.102. The number of nitrogens with one attached hydrogen (secondary N) is 1. The maximum absolute atomic E-state index is 9.95. The summed E-state index contributed by atoms with van der Waals surface area (Å²) < 4.78 is 0. The molecule has 0 spiro atoms. The summed E-state index contributed by atoms with van der Waals surface area (Å²) in [6, 6.07) is 0. The van der Waals surface area contributed by atoms with Crippen LogP contribution in [0.3, 0.4) is 0 Å². The Morgan fingerprint density at radius 3 is 1.75 bits per heavy atom. The molecule has 1 amide bonds. The zero-order chi connectivity index (χ0) is 10.6. The minimum atomic E-state index is -0.144. The van der Waals surface area contributed by atoms with Gasteiger partial charge in [-0.2, -0.15) is 0 Å². The van der Waals surface area contributed by atoms with Crippen molar-refractivity contribution in [1.29, 1.82) is 0 Å². The Balaban J connectivity index is -0.000000118. The van der Waals surface area contributed by atoms with E-state index >= 15 is 0 Å². The molecule has 0 atom stereocenters. The molecule has 4 nitrogen and oxygen atoms in total. The van der Waals surface area contributed by atoms with E-state index in [-0.39, 0.29) is 11.0 Å². The molecule has 0 bridgehead atoms. The van der Waals surface area contributed by atoms with Gasteiger partial charge in [-0.3, -0.25) is 4.79 Å². The molecule has 0 aliphatic rings. The molecule has 0 rings (SSSR count). The van der Waals surface area contributed by atoms with Crippen molar-refractivity contribution < 1.29 is 4.79 Å². The number of likely N-dealkylation sites (N-methyl/N-ethyl adjacent to an activating group) is 1. The van der Waals surface area contributed by atoms with Crippen LogP contribution in [0.1, 0.15) is 0 Å². The summed E-state index contributed by atoms with van der Waals surface area (Å²) in [7, 11) is 1.56. The predicted molar refractivity (Wildman–Crippen MR) is 56.5 cm³/mol. The van der Waals surface area contributed by atoms with E-state index < -0.39 is 0 Å². The minimum absolute atomic E-state index is 0.000000000000000222. The predicted octanol–water partition coefficient (Wildman–Crippen LogP) is -0.0907. The molecular weight excluding hydrogens is 174 g/mol. The van der Waals surface area contributed by atoms with Crippen LogP contribution in [0.5, 0.6) is 0 Å². The van der Waals surface area contributed by atoms with Crippen molar-refractivity contribution in [2.45, 2.75) is 0 Å². The summed E-state index contributed by atoms with van der Waals surface area (Å²) in [4.78, 5) is 9.95. The molecule has 0 fully saturated rings. The lowest BCUT2D eigenvalue weighted by Gasteiger charge is -1.82. The Morgan fingerprint density at radius 1 is 1.50 bits per heavy atom. The summed E-state index contributed by atoms with van der Waals surface area (Å²) in [6.07, 6.45) is 1.22. The number of amides is 1. The molecular formula is C7H15N3OS. The van der Waals surface area contributed by atoms with E-state index in [0.717, 1.165) is 0 Å². The standard InChI is InChI=1S/C4H7NO.C2H4.CH4N2S/c1-3-4(6)5-2;1-2;2-1(3)4/h3H,1H2,2H3,(H,5,6);1-2H2;(H4,2,3,4). The van der Waals surface area contributed by atoms with Gasteiger partial charge in [-0.25, -0.2) is 0 Å². The van der Waals surface area contributed by atoms with Crippen LogP contribution in [0.4, 0.5) is 0 Å². The summed E-state index contributed by atoms with van der Waals surface area (Å²) in [5, 5.41) is 2.36. The number of hydrogen-bond acceptors (Lipinski definition) is 2. The van der Waals surface area contributed by atoms with Gasteiger partial charge >= 0.3 is 0 Å². The van der Waals surface area contributed by atoms with Crippen LogP contribution in [-0.2, 0) is 4.79 Å². The van der Waals surface area contributed by atoms with E-state index in [1.165, 1.54) is 6.08 Å². The molecule has 0 saturated heterocycles. The van der Waals surface area contributed by atoms with Crippen molar-refractivity contribution in [3.8, 4) is 0 Å². The first-order chi connectivity index (χ1) is 5.54. The fraction of sp³-hybridized carbons (Fsp3) is 0.143. The highest BCUT2D eigenvalue weighted by atomic mass is 32.1. The second-order valence-electron chi connectivity index (χ2n) is 1.22. The molecule has 5 heteroatoms. The van der Waals surface area contributed by atoms with E-state index in [2.05, 4.69) is 48.7 Å². The molecule has 0 saturated carbocycles. The first kappa shape index (κ1) is 16.9. The van der Waals surface area contributed by atoms with Crippen LogP contribution in [0.25, 0.3) is 0 Å². The van der Waals surface area contributed by atoms with Gasteiger partial charge in [-0.05, 0) is 18.3 Å². The molecule has 0 aliphatic heterocycles. The van der Waals surface area contributed by atoms with Crippen molar-refractivity contribution in [2.75, 3.05) is 7.05 Å². The largest absolute Gasteiger partial charge is 0.377 e. The van der Waals surface area contributed by atoms with Crippen LogP contribution in [0, 0.1) is 0 Å². The third-order valence-corrected chi connectivity index (χ3v) is 0.432. The molecule has 70 valence electrons. The van der Waals surface area contributed by atoms with Crippen LogP contribution >= 0.6 is 12.2 Å². The Labute approximate surface area is 78.3 Å². The summed E-state index contributed by atoms with van der Waals surface area (Å²) >= 11 is 4.09. The van der Waals surface area contributed by atoms with Crippen molar-refractivity contribution in [2.24, 2.45) is 11.5 Å². The fourth-order valence-electron chi connectivity index (χ4n) is 0.102. The van der Waals surface area contributed by atoms with E-state index in [1.54, 1.807) is 7.05 Å². The molecule has 0 aliphatic carbocycles. The quantitative estimate of drug-likeness (QED) is 0.306. The summed E-state index contributed by atoms with van der Waals surface area (Å²) in [5.41, 5.74) is 9.24. The number of hydrogen-bond donors (Lipinski definition) is 3. The van der Waals surface area contributed by atoms with Crippen LogP contribution in [0.15, 0.2) is 25.8 Å². The van der Waals surface area contributed by atoms with Crippen molar-refractivity contribution in [3.05, 3.63) is 25.8 Å². The summed E-state index contributed by atoms with van der Waals surface area (Å²) in [6.45, 7) is 9.22. The molecule has 0 aromatic rings. The summed E-state index contributed by atoms with van der Waals surface area (Å²) in [5.74, 6) is -0.144. The number of carbonyl (C=O) groups is 1. The van der Waals surface area contributed by atoms with Crippen LogP contribution in [-0.4, -0.2) is 18.1 Å². The highest BCUT2D eigenvalue weighted by molar-refractivity contribution is 7.80. The van der Waals surface area contributed by atoms with Crippen molar-refractivity contribution in [1.82, 2.24) is 5.32 Å². The van der Waals surface area contributed by atoms with Crippen LogP contribution < -0.4 is 16.8 Å². The third kappa shape index (κ3) is 72.4. The SMILES string of the molecule is C=C.C=CC(=O)NC.NC(N)=S. The van der Waals surface area contributed by atoms with Gasteiger partial charge in [0, 0.05) is 7.05 Å². The van der Waals surface area contributed by atoms with Crippen molar-refractivity contribution in [3.63, 3.8) is 0 Å². The maximum Gasteiger partial charge on any atom is 0.243 e. The number of nitrogens with two attached hydrogens (primary N) is 2. The topological polar surface area (TPSA) is 81.1 Å². The third-order valence-electron chi connectivity index (χ3n) is 0.432. The van der Waals surface area contributed by atoms with E-state index in [9.17, 15) is 4.79 Å². The normalized spacial score (nSPS) is 5.75. The minimum Gasteiger partial charge on any atom is -0.377 e. The van der Waals surface area contributed by atoms with Crippen molar-refractivity contribution >= 4 is 23.2 Å². The Hall–Kier alpha value is -1.36. The highest BCUT2D eigenvalue weighted by Gasteiger charge is 1.78. The van der Waals surface area contributed by atoms with Crippen LogP contribution in [0.2, 0.25) is 0 Å². The molecule has 5 N–H and O–H groups in total. The lowest BCUT2D eigenvalue weighted by atomic mass is 10.6. The molecule has 12 heavy (non-hydrogen) atoms. The van der Waals surface area contributed by atoms with Gasteiger partial charge in [0.1, 0.15) is 0 Å². The average molecular weight is 189 g/mol. The zero-order valence-electron chi connectivity index (χ0n) is 7.17. The number of rotatable bonds is 1. The molecule has 0 unspecified atom stereocenters. The second-order valence-corrected chi connectivity index (χ2v) is 1.69. The second kappa shape index (κ2) is 16.3.